The fourth-order valence-electron chi connectivity index (χ4n) is 5.05. The molecule has 0 amide bonds. The summed E-state index contributed by atoms with van der Waals surface area (Å²) in [5.41, 5.74) is 3.23. The molecule has 0 saturated carbocycles. The number of fused-ring (bicyclic) bond motifs is 2. The van der Waals surface area contributed by atoms with Crippen molar-refractivity contribution in [3.63, 3.8) is 0 Å². The maximum absolute atomic E-state index is 15.5. The SMILES string of the molecule is Fc1cc2[nH]c(OC3COC4CCOC43)nc2c(F)c1-c1ccc(-c2ccc(-c3ncco3)cc2)cc1. The van der Waals surface area contributed by atoms with Crippen LogP contribution in [0.3, 0.4) is 0 Å². The second-order valence-corrected chi connectivity index (χ2v) is 9.13. The Hall–Kier alpha value is -4.08. The van der Waals surface area contributed by atoms with Gasteiger partial charge in [-0.15, -0.1) is 0 Å². The molecule has 3 aromatic carbocycles. The second-order valence-electron chi connectivity index (χ2n) is 9.13. The van der Waals surface area contributed by atoms with E-state index in [1.54, 1.807) is 18.3 Å². The highest BCUT2D eigenvalue weighted by Gasteiger charge is 2.43. The lowest BCUT2D eigenvalue weighted by atomic mass is 9.98. The van der Waals surface area contributed by atoms with Crippen LogP contribution in [0.2, 0.25) is 0 Å². The first-order chi connectivity index (χ1) is 18.1. The van der Waals surface area contributed by atoms with Crippen LogP contribution in [-0.2, 0) is 9.47 Å². The molecule has 0 spiro atoms. The number of oxazole rings is 1. The lowest BCUT2D eigenvalue weighted by Crippen LogP contribution is -2.32. The van der Waals surface area contributed by atoms with Gasteiger partial charge < -0.3 is 23.6 Å². The monoisotopic (exact) mass is 501 g/mol. The summed E-state index contributed by atoms with van der Waals surface area (Å²) in [4.78, 5) is 11.3. The Morgan fingerprint density at radius 3 is 2.38 bits per heavy atom. The third kappa shape index (κ3) is 3.87. The number of rotatable bonds is 5. The van der Waals surface area contributed by atoms with Crippen molar-refractivity contribution in [1.82, 2.24) is 15.0 Å². The first kappa shape index (κ1) is 22.1. The van der Waals surface area contributed by atoms with Gasteiger partial charge in [-0.2, -0.15) is 4.98 Å². The summed E-state index contributed by atoms with van der Waals surface area (Å²) in [5, 5.41) is 0. The van der Waals surface area contributed by atoms with Gasteiger partial charge >= 0.3 is 0 Å². The molecule has 3 atom stereocenters. The predicted molar refractivity (Wildman–Crippen MR) is 131 cm³/mol. The third-order valence-electron chi connectivity index (χ3n) is 6.90. The molecule has 2 aromatic heterocycles. The van der Waals surface area contributed by atoms with Crippen molar-refractivity contribution < 1.29 is 27.4 Å². The summed E-state index contributed by atoms with van der Waals surface area (Å²) < 4.78 is 53.2. The maximum atomic E-state index is 15.5. The molecule has 2 fully saturated rings. The van der Waals surface area contributed by atoms with Gasteiger partial charge in [0.15, 0.2) is 11.9 Å². The number of imidazole rings is 1. The van der Waals surface area contributed by atoms with Crippen molar-refractivity contribution in [2.75, 3.05) is 13.2 Å². The number of aromatic nitrogens is 3. The summed E-state index contributed by atoms with van der Waals surface area (Å²) in [6.07, 6.45) is 3.42. The van der Waals surface area contributed by atoms with E-state index in [1.807, 2.05) is 36.4 Å². The average Bonchev–Trinajstić information content (AvgIpc) is 3.71. The van der Waals surface area contributed by atoms with Gasteiger partial charge in [0.1, 0.15) is 23.7 Å². The number of H-pyrrole nitrogens is 1. The number of benzene rings is 3. The minimum atomic E-state index is -0.748. The molecule has 2 saturated heterocycles. The largest absolute Gasteiger partial charge is 0.456 e. The predicted octanol–water partition coefficient (Wildman–Crippen LogP) is 5.77. The molecular formula is C28H21F2N3O4. The fourth-order valence-corrected chi connectivity index (χ4v) is 5.05. The molecule has 37 heavy (non-hydrogen) atoms. The molecule has 186 valence electrons. The highest BCUT2D eigenvalue weighted by atomic mass is 19.1. The summed E-state index contributed by atoms with van der Waals surface area (Å²) in [7, 11) is 0. The Bertz CT molecular complexity index is 1570. The third-order valence-corrected chi connectivity index (χ3v) is 6.90. The molecule has 7 rings (SSSR count). The van der Waals surface area contributed by atoms with Crippen LogP contribution < -0.4 is 4.74 Å². The Morgan fingerprint density at radius 2 is 1.65 bits per heavy atom. The highest BCUT2D eigenvalue weighted by molar-refractivity contribution is 5.84. The van der Waals surface area contributed by atoms with Crippen LogP contribution in [0.1, 0.15) is 6.42 Å². The number of ether oxygens (including phenoxy) is 3. The van der Waals surface area contributed by atoms with E-state index in [9.17, 15) is 0 Å². The molecule has 0 aliphatic carbocycles. The van der Waals surface area contributed by atoms with Crippen molar-refractivity contribution in [3.05, 3.63) is 78.7 Å². The smallest absolute Gasteiger partial charge is 0.295 e. The number of aromatic amines is 1. The molecule has 2 aliphatic rings. The zero-order chi connectivity index (χ0) is 24.9. The van der Waals surface area contributed by atoms with Crippen molar-refractivity contribution in [3.8, 4) is 39.7 Å². The van der Waals surface area contributed by atoms with Crippen LogP contribution in [0.15, 0.2) is 71.5 Å². The molecule has 7 nitrogen and oxygen atoms in total. The lowest BCUT2D eigenvalue weighted by Gasteiger charge is -2.15. The molecular weight excluding hydrogens is 480 g/mol. The number of halogens is 2. The number of hydrogen-bond donors (Lipinski definition) is 1. The van der Waals surface area contributed by atoms with Gasteiger partial charge in [0, 0.05) is 18.2 Å². The zero-order valence-electron chi connectivity index (χ0n) is 19.5. The molecule has 9 heteroatoms. The van der Waals surface area contributed by atoms with Gasteiger partial charge in [-0.1, -0.05) is 36.4 Å². The first-order valence-corrected chi connectivity index (χ1v) is 12.0. The van der Waals surface area contributed by atoms with E-state index in [-0.39, 0.29) is 40.9 Å². The summed E-state index contributed by atoms with van der Waals surface area (Å²) in [5.74, 6) is -0.892. The van der Waals surface area contributed by atoms with Crippen LogP contribution in [0.25, 0.3) is 44.7 Å². The van der Waals surface area contributed by atoms with Gasteiger partial charge in [0.25, 0.3) is 6.01 Å². The minimum absolute atomic E-state index is 0.00378. The molecule has 2 aliphatic heterocycles. The molecule has 0 radical (unpaired) electrons. The molecule has 5 aromatic rings. The van der Waals surface area contributed by atoms with E-state index in [4.69, 9.17) is 18.6 Å². The van der Waals surface area contributed by atoms with Gasteiger partial charge in [0.05, 0.1) is 30.0 Å². The van der Waals surface area contributed by atoms with Gasteiger partial charge in [-0.25, -0.2) is 13.8 Å². The number of hydrogen-bond acceptors (Lipinski definition) is 6. The maximum Gasteiger partial charge on any atom is 0.295 e. The first-order valence-electron chi connectivity index (χ1n) is 12.0. The Labute approximate surface area is 210 Å². The Morgan fingerprint density at radius 1 is 0.919 bits per heavy atom. The van der Waals surface area contributed by atoms with E-state index in [1.165, 1.54) is 12.3 Å². The van der Waals surface area contributed by atoms with E-state index >= 15 is 8.78 Å². The quantitative estimate of drug-likeness (QED) is 0.330. The van der Waals surface area contributed by atoms with Gasteiger partial charge in [-0.3, -0.25) is 0 Å². The van der Waals surface area contributed by atoms with Crippen LogP contribution in [0.5, 0.6) is 6.01 Å². The molecule has 4 heterocycles. The fraction of sp³-hybridized carbons (Fsp3) is 0.214. The zero-order valence-corrected chi connectivity index (χ0v) is 19.5. The normalized spacial score (nSPS) is 21.0. The van der Waals surface area contributed by atoms with Crippen molar-refractivity contribution in [2.45, 2.75) is 24.7 Å². The second kappa shape index (κ2) is 8.79. The van der Waals surface area contributed by atoms with Crippen LogP contribution >= 0.6 is 0 Å². The van der Waals surface area contributed by atoms with Gasteiger partial charge in [-0.05, 0) is 35.2 Å². The van der Waals surface area contributed by atoms with Crippen LogP contribution in [-0.4, -0.2) is 46.5 Å². The minimum Gasteiger partial charge on any atom is -0.456 e. The van der Waals surface area contributed by atoms with Gasteiger partial charge in [0.2, 0.25) is 5.89 Å². The van der Waals surface area contributed by atoms with E-state index in [2.05, 4.69) is 15.0 Å². The summed E-state index contributed by atoms with van der Waals surface area (Å²) in [6, 6.07) is 16.1. The van der Waals surface area contributed by atoms with Crippen LogP contribution in [0.4, 0.5) is 8.78 Å². The standard InChI is InChI=1S/C28H21F2N3O4/c29-19-13-20-25(33-28(32-20)37-22-14-36-21-9-11-34-26(21)22)24(30)23(19)17-5-1-15(2-6-17)16-3-7-18(8-4-16)27-31-10-12-35-27/h1-8,10,12-13,21-22,26H,9,11,14H2,(H,32,33). The Kier molecular flexibility index (Phi) is 5.26. The summed E-state index contributed by atoms with van der Waals surface area (Å²) >= 11 is 0. The molecule has 3 unspecified atom stereocenters. The summed E-state index contributed by atoms with van der Waals surface area (Å²) in [6.45, 7) is 0.980. The molecule has 0 bridgehead atoms. The highest BCUT2D eigenvalue weighted by Crippen LogP contribution is 2.35. The Balaban J connectivity index is 1.15. The van der Waals surface area contributed by atoms with E-state index in [0.717, 1.165) is 23.1 Å². The topological polar surface area (TPSA) is 82.4 Å². The number of nitrogens with one attached hydrogen (secondary N) is 1. The van der Waals surface area contributed by atoms with E-state index < -0.39 is 11.6 Å². The molecule has 1 N–H and O–H groups in total. The van der Waals surface area contributed by atoms with Crippen molar-refractivity contribution in [2.24, 2.45) is 0 Å². The average molecular weight is 501 g/mol. The van der Waals surface area contributed by atoms with Crippen molar-refractivity contribution >= 4 is 11.0 Å². The number of nitrogens with zero attached hydrogens (tertiary/aromatic N) is 2. The van der Waals surface area contributed by atoms with E-state index in [0.29, 0.717) is 24.7 Å². The van der Waals surface area contributed by atoms with Crippen LogP contribution in [0, 0.1) is 11.6 Å². The lowest BCUT2D eigenvalue weighted by molar-refractivity contribution is 0.0273. The van der Waals surface area contributed by atoms with Crippen molar-refractivity contribution in [1.29, 1.82) is 0 Å².